The Morgan fingerprint density at radius 2 is 1.68 bits per heavy atom. The maximum atomic E-state index is 11.8. The molecular formula is C21H17Cl2NO4. The molecule has 3 N–H and O–H groups in total. The van der Waals surface area contributed by atoms with Crippen LogP contribution in [0.1, 0.15) is 11.1 Å². The molecule has 0 aliphatic rings. The van der Waals surface area contributed by atoms with Crippen LogP contribution in [-0.4, -0.2) is 11.2 Å². The fraction of sp³-hybridized carbons (Fsp3) is 0.0952. The van der Waals surface area contributed by atoms with Crippen molar-refractivity contribution in [1.82, 2.24) is 0 Å². The lowest BCUT2D eigenvalue weighted by molar-refractivity contribution is -0.145. The van der Waals surface area contributed by atoms with E-state index in [2.05, 4.69) is 0 Å². The van der Waals surface area contributed by atoms with Gasteiger partial charge in [-0.25, -0.2) is 4.79 Å². The summed E-state index contributed by atoms with van der Waals surface area (Å²) in [4.78, 5) is 11.8. The molecule has 3 aromatic carbocycles. The number of amides is 1. The summed E-state index contributed by atoms with van der Waals surface area (Å²) in [6.07, 6.45) is -0.914. The standard InChI is InChI=1S/C21H17Cl2NO4/c22-16-9-7-15(8-10-16)21(28-20(24)26,27-17-4-2-1-3-5-17)13-14-6-11-19(25)18(23)12-14/h1-12,25H,13H2,(H2,24,26). The number of phenolic OH excluding ortho intramolecular Hbond substituents is 1. The van der Waals surface area contributed by atoms with Crippen molar-refractivity contribution in [3.8, 4) is 11.5 Å². The number of nitrogens with two attached hydrogens (primary N) is 1. The van der Waals surface area contributed by atoms with Crippen molar-refractivity contribution < 1.29 is 19.4 Å². The minimum absolute atomic E-state index is 0.0534. The maximum Gasteiger partial charge on any atom is 0.408 e. The average Bonchev–Trinajstić information content (AvgIpc) is 2.65. The van der Waals surface area contributed by atoms with Crippen molar-refractivity contribution >= 4 is 29.3 Å². The predicted molar refractivity (Wildman–Crippen MR) is 108 cm³/mol. The van der Waals surface area contributed by atoms with Crippen LogP contribution in [0.4, 0.5) is 4.79 Å². The van der Waals surface area contributed by atoms with Crippen LogP contribution in [0.3, 0.4) is 0 Å². The molecule has 7 heteroatoms. The summed E-state index contributed by atoms with van der Waals surface area (Å²) in [5, 5.41) is 10.4. The number of carbonyl (C=O) groups excluding carboxylic acids is 1. The van der Waals surface area contributed by atoms with E-state index in [1.807, 2.05) is 6.07 Å². The highest BCUT2D eigenvalue weighted by molar-refractivity contribution is 6.32. The van der Waals surface area contributed by atoms with Crippen LogP contribution in [0.15, 0.2) is 72.8 Å². The van der Waals surface area contributed by atoms with Crippen LogP contribution in [0.5, 0.6) is 11.5 Å². The van der Waals surface area contributed by atoms with Crippen LogP contribution >= 0.6 is 23.2 Å². The molecule has 0 bridgehead atoms. The number of phenols is 1. The van der Waals surface area contributed by atoms with Crippen molar-refractivity contribution in [3.05, 3.63) is 94.0 Å². The van der Waals surface area contributed by atoms with E-state index >= 15 is 0 Å². The number of primary amides is 1. The van der Waals surface area contributed by atoms with E-state index in [9.17, 15) is 9.90 Å². The topological polar surface area (TPSA) is 81.8 Å². The minimum atomic E-state index is -1.57. The van der Waals surface area contributed by atoms with Gasteiger partial charge in [-0.15, -0.1) is 0 Å². The quantitative estimate of drug-likeness (QED) is 0.535. The number of aromatic hydroxyl groups is 1. The first kappa shape index (κ1) is 19.9. The second-order valence-corrected chi connectivity index (χ2v) is 6.90. The van der Waals surface area contributed by atoms with Crippen molar-refractivity contribution in [2.75, 3.05) is 0 Å². The zero-order valence-electron chi connectivity index (χ0n) is 14.6. The first-order chi connectivity index (χ1) is 13.4. The summed E-state index contributed by atoms with van der Waals surface area (Å²) in [6, 6.07) is 20.3. The van der Waals surface area contributed by atoms with E-state index in [0.717, 1.165) is 0 Å². The van der Waals surface area contributed by atoms with Gasteiger partial charge in [-0.1, -0.05) is 47.5 Å². The second kappa shape index (κ2) is 8.42. The maximum absolute atomic E-state index is 11.8. The molecule has 0 heterocycles. The number of ether oxygens (including phenoxy) is 2. The lowest BCUT2D eigenvalue weighted by Crippen LogP contribution is -2.42. The average molecular weight is 418 g/mol. The SMILES string of the molecule is NC(=O)OC(Cc1ccc(O)c(Cl)c1)(Oc1ccccc1)c1ccc(Cl)cc1. The molecule has 28 heavy (non-hydrogen) atoms. The van der Waals surface area contributed by atoms with Gasteiger partial charge in [0.1, 0.15) is 11.5 Å². The number of carbonyl (C=O) groups is 1. The number of halogens is 2. The van der Waals surface area contributed by atoms with Crippen molar-refractivity contribution in [1.29, 1.82) is 0 Å². The van der Waals surface area contributed by atoms with Crippen molar-refractivity contribution in [3.63, 3.8) is 0 Å². The molecule has 0 aromatic heterocycles. The van der Waals surface area contributed by atoms with Crippen LogP contribution in [0, 0.1) is 0 Å². The van der Waals surface area contributed by atoms with E-state index in [0.29, 0.717) is 21.9 Å². The molecular weight excluding hydrogens is 401 g/mol. The van der Waals surface area contributed by atoms with Crippen molar-refractivity contribution in [2.45, 2.75) is 12.2 Å². The summed E-state index contributed by atoms with van der Waals surface area (Å²) >= 11 is 12.0. The van der Waals surface area contributed by atoms with Crippen LogP contribution in [0.2, 0.25) is 10.0 Å². The molecule has 1 unspecified atom stereocenters. The van der Waals surface area contributed by atoms with Gasteiger partial charge in [0.15, 0.2) is 0 Å². The third kappa shape index (κ3) is 4.68. The van der Waals surface area contributed by atoms with E-state index in [1.54, 1.807) is 60.7 Å². The van der Waals surface area contributed by atoms with E-state index in [-0.39, 0.29) is 17.2 Å². The number of para-hydroxylation sites is 1. The Balaban J connectivity index is 2.11. The number of hydrogen-bond donors (Lipinski definition) is 2. The highest BCUT2D eigenvalue weighted by atomic mass is 35.5. The molecule has 1 atom stereocenters. The van der Waals surface area contributed by atoms with Gasteiger partial charge in [0, 0.05) is 10.6 Å². The summed E-state index contributed by atoms with van der Waals surface area (Å²) < 4.78 is 11.7. The highest BCUT2D eigenvalue weighted by Gasteiger charge is 2.39. The number of rotatable bonds is 6. The van der Waals surface area contributed by atoms with Crippen LogP contribution in [0.25, 0.3) is 0 Å². The summed E-state index contributed by atoms with van der Waals surface area (Å²) in [5.74, 6) is -1.15. The molecule has 0 aliphatic carbocycles. The first-order valence-corrected chi connectivity index (χ1v) is 9.09. The van der Waals surface area contributed by atoms with Gasteiger partial charge in [-0.2, -0.15) is 0 Å². The largest absolute Gasteiger partial charge is 0.506 e. The van der Waals surface area contributed by atoms with Gasteiger partial charge >= 0.3 is 6.09 Å². The smallest absolute Gasteiger partial charge is 0.408 e. The fourth-order valence-corrected chi connectivity index (χ4v) is 3.12. The Labute approximate surface area is 172 Å². The van der Waals surface area contributed by atoms with E-state index in [4.69, 9.17) is 38.4 Å². The lowest BCUT2D eigenvalue weighted by Gasteiger charge is -2.34. The van der Waals surface area contributed by atoms with Gasteiger partial charge in [-0.05, 0) is 54.1 Å². The Hall–Kier alpha value is -2.89. The van der Waals surface area contributed by atoms with Crippen LogP contribution in [-0.2, 0) is 16.9 Å². The Morgan fingerprint density at radius 1 is 1.00 bits per heavy atom. The third-order valence-corrected chi connectivity index (χ3v) is 4.58. The summed E-state index contributed by atoms with van der Waals surface area (Å²) in [6.45, 7) is 0. The van der Waals surface area contributed by atoms with Gasteiger partial charge in [-0.3, -0.25) is 0 Å². The Morgan fingerprint density at radius 3 is 2.29 bits per heavy atom. The number of hydrogen-bond acceptors (Lipinski definition) is 4. The molecule has 0 radical (unpaired) electrons. The summed E-state index contributed by atoms with van der Waals surface area (Å²) in [7, 11) is 0. The third-order valence-electron chi connectivity index (χ3n) is 4.02. The number of benzene rings is 3. The molecule has 3 aromatic rings. The zero-order chi connectivity index (χ0) is 20.1. The molecule has 0 saturated carbocycles. The van der Waals surface area contributed by atoms with E-state index < -0.39 is 11.9 Å². The monoisotopic (exact) mass is 417 g/mol. The predicted octanol–water partition coefficient (Wildman–Crippen LogP) is 5.27. The lowest BCUT2D eigenvalue weighted by atomic mass is 9.97. The second-order valence-electron chi connectivity index (χ2n) is 6.06. The molecule has 0 spiro atoms. The zero-order valence-corrected chi connectivity index (χ0v) is 16.2. The molecule has 144 valence electrons. The van der Waals surface area contributed by atoms with Crippen molar-refractivity contribution in [2.24, 2.45) is 5.73 Å². The van der Waals surface area contributed by atoms with E-state index in [1.165, 1.54) is 6.07 Å². The molecule has 0 saturated heterocycles. The van der Waals surface area contributed by atoms with Gasteiger partial charge < -0.3 is 20.3 Å². The van der Waals surface area contributed by atoms with Gasteiger partial charge in [0.25, 0.3) is 5.79 Å². The Kier molecular flexibility index (Phi) is 5.97. The highest BCUT2D eigenvalue weighted by Crippen LogP contribution is 2.35. The molecule has 0 aliphatic heterocycles. The van der Waals surface area contributed by atoms with Gasteiger partial charge in [0.2, 0.25) is 0 Å². The molecule has 3 rings (SSSR count). The fourth-order valence-electron chi connectivity index (χ4n) is 2.79. The molecule has 0 fully saturated rings. The minimum Gasteiger partial charge on any atom is -0.506 e. The first-order valence-electron chi connectivity index (χ1n) is 8.34. The van der Waals surface area contributed by atoms with Crippen LogP contribution < -0.4 is 10.5 Å². The molecule has 5 nitrogen and oxygen atoms in total. The normalized spacial score (nSPS) is 12.8. The summed E-state index contributed by atoms with van der Waals surface area (Å²) in [5.41, 5.74) is 6.57. The Bertz CT molecular complexity index is 964. The molecule has 1 amide bonds. The van der Waals surface area contributed by atoms with Gasteiger partial charge in [0.05, 0.1) is 11.4 Å².